The Morgan fingerprint density at radius 2 is 1.25 bits per heavy atom. The monoisotopic (exact) mass is 78.0 g/mol. The molecule has 0 atom stereocenters. The van der Waals surface area contributed by atoms with Crippen LogP contribution in [0.5, 0.6) is 0 Å². The van der Waals surface area contributed by atoms with Gasteiger partial charge in [0.05, 0.1) is 18.8 Å². The van der Waals surface area contributed by atoms with E-state index in [0.29, 0.717) is 10.9 Å². The van der Waals surface area contributed by atoms with Crippen molar-refractivity contribution < 1.29 is 1.43 Å². The van der Waals surface area contributed by atoms with Crippen molar-refractivity contribution in [1.82, 2.24) is 0 Å². The highest BCUT2D eigenvalue weighted by Gasteiger charge is 1.77. The molecule has 0 amide bonds. The van der Waals surface area contributed by atoms with Crippen molar-refractivity contribution in [1.29, 1.82) is 0 Å². The van der Waals surface area contributed by atoms with Crippen molar-refractivity contribution in [2.75, 3.05) is 18.8 Å². The molecule has 0 spiro atoms. The maximum Gasteiger partial charge on any atom is 1.00 e. The molecule has 0 bridgehead atoms. The molecule has 0 N–H and O–H groups in total. The Balaban J connectivity index is 0. The summed E-state index contributed by atoms with van der Waals surface area (Å²) in [4.78, 5) is 0. The Morgan fingerprint density at radius 1 is 1.25 bits per heavy atom. The van der Waals surface area contributed by atoms with E-state index in [2.05, 4.69) is 18.8 Å². The van der Waals surface area contributed by atoms with Gasteiger partial charge in [-0.15, -0.1) is 0 Å². The second-order valence-electron chi connectivity index (χ2n) is 1.22. The minimum Gasteiger partial charge on any atom is -0.0219 e. The molecule has 0 nitrogen and oxygen atoms in total. The zero-order chi connectivity index (χ0) is 3.58. The lowest BCUT2D eigenvalue weighted by molar-refractivity contribution is 2.18. The first-order valence-electron chi connectivity index (χ1n) is 1.22. The number of hydrogen-bond donors (Lipinski definition) is 0. The number of rotatable bonds is 0. The lowest BCUT2D eigenvalue weighted by Gasteiger charge is -1.69. The number of hydrogen-bond acceptors (Lipinski definition) is 0. The maximum absolute atomic E-state index is 2.19. The van der Waals surface area contributed by atoms with Gasteiger partial charge < -0.3 is 0 Å². The van der Waals surface area contributed by atoms with E-state index < -0.39 is 0 Å². The second-order valence-corrected chi connectivity index (χ2v) is 3.67. The second kappa shape index (κ2) is 1.65. The molecule has 0 aliphatic heterocycles. The molecule has 4 heavy (non-hydrogen) atoms. The zero-order valence-electron chi connectivity index (χ0n) is 4.41. The van der Waals surface area contributed by atoms with Crippen molar-refractivity contribution in [2.45, 2.75) is 0 Å². The highest BCUT2D eigenvalue weighted by Crippen LogP contribution is 1.63. The minimum absolute atomic E-state index is 0. The van der Waals surface area contributed by atoms with Gasteiger partial charge in [0.15, 0.2) is 0 Å². The Hall–Kier alpha value is 0.350. The van der Waals surface area contributed by atoms with Gasteiger partial charge in [0, 0.05) is 0 Å². The lowest BCUT2D eigenvalue weighted by Crippen LogP contribution is -1.84. The summed E-state index contributed by atoms with van der Waals surface area (Å²) in [6, 6.07) is 0. The molecule has 0 radical (unpaired) electrons. The van der Waals surface area contributed by atoms with E-state index >= 15 is 0 Å². The maximum atomic E-state index is 2.19. The average molecular weight is 78.2 g/mol. The van der Waals surface area contributed by atoms with Crippen molar-refractivity contribution in [2.24, 2.45) is 0 Å². The van der Waals surface area contributed by atoms with Crippen LogP contribution in [0.1, 0.15) is 1.43 Å². The van der Waals surface area contributed by atoms with Crippen molar-refractivity contribution in [3.05, 3.63) is 0 Å². The smallest absolute Gasteiger partial charge is 0.0219 e. The largest absolute Gasteiger partial charge is 1.00 e. The summed E-state index contributed by atoms with van der Waals surface area (Å²) in [5.74, 6) is 0. The van der Waals surface area contributed by atoms with Crippen LogP contribution in [0.3, 0.4) is 0 Å². The Morgan fingerprint density at radius 3 is 1.25 bits per heavy atom. The van der Waals surface area contributed by atoms with Crippen LogP contribution in [0, 0.1) is 0 Å². The molecular formula is C3H10S+2. The Bertz CT molecular complexity index is 11.6. The van der Waals surface area contributed by atoms with Gasteiger partial charge in [0.1, 0.15) is 0 Å². The van der Waals surface area contributed by atoms with Crippen LogP contribution in [0.25, 0.3) is 0 Å². The van der Waals surface area contributed by atoms with Gasteiger partial charge in [-0.3, -0.25) is 0 Å². The van der Waals surface area contributed by atoms with Crippen LogP contribution in [0.2, 0.25) is 0 Å². The van der Waals surface area contributed by atoms with Crippen LogP contribution < -0.4 is 0 Å². The van der Waals surface area contributed by atoms with Crippen LogP contribution in [-0.2, 0) is 10.9 Å². The lowest BCUT2D eigenvalue weighted by atomic mass is 11.9. The minimum atomic E-state index is 0. The predicted octanol–water partition coefficient (Wildman–Crippen LogP) is 0.607. The van der Waals surface area contributed by atoms with Crippen molar-refractivity contribution in [3.63, 3.8) is 0 Å². The third-order valence-corrected chi connectivity index (χ3v) is 0. The van der Waals surface area contributed by atoms with Crippen LogP contribution in [0.15, 0.2) is 0 Å². The van der Waals surface area contributed by atoms with E-state index in [1.54, 1.807) is 0 Å². The van der Waals surface area contributed by atoms with Gasteiger partial charge in [-0.1, -0.05) is 0 Å². The van der Waals surface area contributed by atoms with Gasteiger partial charge >= 0.3 is 1.43 Å². The highest BCUT2D eigenvalue weighted by atomic mass is 32.2. The third-order valence-electron chi connectivity index (χ3n) is 0. The molecule has 26 valence electrons. The fourth-order valence-electron chi connectivity index (χ4n) is 0. The first kappa shape index (κ1) is 4.35. The molecule has 0 unspecified atom stereocenters. The van der Waals surface area contributed by atoms with Gasteiger partial charge in [-0.25, -0.2) is 0 Å². The predicted molar refractivity (Wildman–Crippen MR) is 26.2 cm³/mol. The third kappa shape index (κ3) is 35.0. The molecular weight excluding hydrogens is 68.1 g/mol. The Labute approximate surface area is 32.0 Å². The fourth-order valence-corrected chi connectivity index (χ4v) is 0. The van der Waals surface area contributed by atoms with E-state index in [1.165, 1.54) is 0 Å². The molecule has 0 saturated carbocycles. The summed E-state index contributed by atoms with van der Waals surface area (Å²) in [5.41, 5.74) is 0. The molecule has 0 fully saturated rings. The van der Waals surface area contributed by atoms with Crippen molar-refractivity contribution >= 4 is 10.9 Å². The van der Waals surface area contributed by atoms with E-state index in [9.17, 15) is 0 Å². The molecule has 0 rings (SSSR count). The molecule has 0 aromatic carbocycles. The topological polar surface area (TPSA) is 0 Å². The molecule has 0 aliphatic carbocycles. The first-order chi connectivity index (χ1) is 1.73. The zero-order valence-corrected chi connectivity index (χ0v) is 4.22. The van der Waals surface area contributed by atoms with Gasteiger partial charge in [-0.05, 0) is 10.9 Å². The van der Waals surface area contributed by atoms with Gasteiger partial charge in [-0.2, -0.15) is 0 Å². The summed E-state index contributed by atoms with van der Waals surface area (Å²) in [7, 11) is 0.639. The summed E-state index contributed by atoms with van der Waals surface area (Å²) >= 11 is 0. The first-order valence-corrected chi connectivity index (χ1v) is 3.67. The molecule has 1 heteroatoms. The molecule has 0 aromatic heterocycles. The molecule has 0 saturated heterocycles. The molecule has 0 heterocycles. The van der Waals surface area contributed by atoms with Crippen LogP contribution in [0.4, 0.5) is 0 Å². The summed E-state index contributed by atoms with van der Waals surface area (Å²) in [5, 5.41) is 0. The van der Waals surface area contributed by atoms with Gasteiger partial charge in [0.25, 0.3) is 0 Å². The molecule has 0 aliphatic rings. The Kier molecular flexibility index (Phi) is 1.79. The van der Waals surface area contributed by atoms with Crippen LogP contribution in [-0.4, -0.2) is 18.8 Å². The molecule has 0 aromatic rings. The summed E-state index contributed by atoms with van der Waals surface area (Å²) in [6.07, 6.45) is 6.58. The van der Waals surface area contributed by atoms with E-state index in [1.807, 2.05) is 0 Å². The quantitative estimate of drug-likeness (QED) is 0.372. The summed E-state index contributed by atoms with van der Waals surface area (Å²) < 4.78 is 0. The normalized spacial score (nSPS) is 9.00. The van der Waals surface area contributed by atoms with E-state index in [4.69, 9.17) is 0 Å². The highest BCUT2D eigenvalue weighted by molar-refractivity contribution is 7.94. The standard InChI is InChI=1S/C3H9S/c1-4(2)3/h1-3H3/q+1/p+1. The van der Waals surface area contributed by atoms with E-state index in [0.717, 1.165) is 0 Å². The fraction of sp³-hybridized carbons (Fsp3) is 1.00. The van der Waals surface area contributed by atoms with E-state index in [-0.39, 0.29) is 1.43 Å². The van der Waals surface area contributed by atoms with Crippen molar-refractivity contribution in [3.8, 4) is 0 Å². The summed E-state index contributed by atoms with van der Waals surface area (Å²) in [6.45, 7) is 0. The van der Waals surface area contributed by atoms with Gasteiger partial charge in [0.2, 0.25) is 0 Å². The SMILES string of the molecule is C[S+](C)C.[H+]. The average Bonchev–Trinajstić information content (AvgIpc) is 0.811. The van der Waals surface area contributed by atoms with Crippen LogP contribution >= 0.6 is 0 Å².